The van der Waals surface area contributed by atoms with Crippen molar-refractivity contribution in [2.24, 2.45) is 11.3 Å². The molecule has 0 spiro atoms. The zero-order valence-electron chi connectivity index (χ0n) is 12.7. The summed E-state index contributed by atoms with van der Waals surface area (Å²) < 4.78 is 0. The molecule has 0 fully saturated rings. The monoisotopic (exact) mass is 244 g/mol. The Hall–Kier alpha value is -1.04. The highest BCUT2D eigenvalue weighted by molar-refractivity contribution is 5.21. The second-order valence-corrected chi connectivity index (χ2v) is 6.64. The molecule has 0 aliphatic carbocycles. The summed E-state index contributed by atoms with van der Waals surface area (Å²) in [4.78, 5) is 0. The lowest BCUT2D eigenvalue weighted by atomic mass is 9.93. The second-order valence-electron chi connectivity index (χ2n) is 6.64. The van der Waals surface area contributed by atoms with Gasteiger partial charge in [0.05, 0.1) is 0 Å². The van der Waals surface area contributed by atoms with Crippen molar-refractivity contribution >= 4 is 0 Å². The fraction of sp³-hybridized carbons (Fsp3) is 0.556. The van der Waals surface area contributed by atoms with Crippen LogP contribution in [0.15, 0.2) is 36.4 Å². The molecule has 0 nitrogen and oxygen atoms in total. The van der Waals surface area contributed by atoms with Crippen LogP contribution in [0.25, 0.3) is 0 Å². The normalized spacial score (nSPS) is 14.1. The molecule has 0 heterocycles. The first-order valence-electron chi connectivity index (χ1n) is 7.10. The molecule has 0 aliphatic rings. The van der Waals surface area contributed by atoms with Crippen LogP contribution in [0.1, 0.15) is 51.7 Å². The van der Waals surface area contributed by atoms with E-state index in [2.05, 4.69) is 71.0 Å². The van der Waals surface area contributed by atoms with Gasteiger partial charge in [0.1, 0.15) is 0 Å². The number of rotatable bonds is 5. The maximum absolute atomic E-state index is 2.35. The van der Waals surface area contributed by atoms with Gasteiger partial charge in [0, 0.05) is 0 Å². The van der Waals surface area contributed by atoms with E-state index < -0.39 is 0 Å². The first-order chi connectivity index (χ1) is 8.37. The van der Waals surface area contributed by atoms with Crippen LogP contribution in [0.4, 0.5) is 0 Å². The molecule has 100 valence electrons. The van der Waals surface area contributed by atoms with Crippen molar-refractivity contribution in [2.45, 2.75) is 53.9 Å². The van der Waals surface area contributed by atoms with E-state index in [9.17, 15) is 0 Å². The first kappa shape index (κ1) is 15.0. The van der Waals surface area contributed by atoms with Gasteiger partial charge >= 0.3 is 0 Å². The van der Waals surface area contributed by atoms with Gasteiger partial charge in [-0.05, 0) is 43.1 Å². The van der Waals surface area contributed by atoms with Gasteiger partial charge in [-0.2, -0.15) is 0 Å². The van der Waals surface area contributed by atoms with Crippen LogP contribution >= 0.6 is 0 Å². The van der Waals surface area contributed by atoms with E-state index in [4.69, 9.17) is 0 Å². The summed E-state index contributed by atoms with van der Waals surface area (Å²) in [6.07, 6.45) is 8.34. The molecule has 0 aromatic heterocycles. The predicted octanol–water partition coefficient (Wildman–Crippen LogP) is 5.56. The molecule has 0 N–H and O–H groups in total. The lowest BCUT2D eigenvalue weighted by molar-refractivity contribution is 0.522. The highest BCUT2D eigenvalue weighted by atomic mass is 14.1. The van der Waals surface area contributed by atoms with E-state index in [-0.39, 0.29) is 0 Å². The first-order valence-corrected chi connectivity index (χ1v) is 7.10. The van der Waals surface area contributed by atoms with Gasteiger partial charge in [-0.15, -0.1) is 0 Å². The minimum atomic E-state index is 0.320. The largest absolute Gasteiger partial charge is 0.0880 e. The summed E-state index contributed by atoms with van der Waals surface area (Å²) in [7, 11) is 0. The Kier molecular flexibility index (Phi) is 5.65. The summed E-state index contributed by atoms with van der Waals surface area (Å²) in [5.74, 6) is 0.761. The van der Waals surface area contributed by atoms with Gasteiger partial charge in [-0.1, -0.05) is 69.7 Å². The SMILES string of the molecule is Cc1ccc(CC(C)CC/C=C/C(C)(C)C)cc1. The molecular formula is C18H28. The summed E-state index contributed by atoms with van der Waals surface area (Å²) >= 11 is 0. The molecule has 0 bridgehead atoms. The van der Waals surface area contributed by atoms with Crippen LogP contribution < -0.4 is 0 Å². The molecular weight excluding hydrogens is 216 g/mol. The van der Waals surface area contributed by atoms with E-state index in [1.54, 1.807) is 0 Å². The molecule has 0 aliphatic heterocycles. The fourth-order valence-corrected chi connectivity index (χ4v) is 2.05. The molecule has 1 aromatic carbocycles. The number of hydrogen-bond acceptors (Lipinski definition) is 0. The zero-order chi connectivity index (χ0) is 13.6. The van der Waals surface area contributed by atoms with Gasteiger partial charge in [0.2, 0.25) is 0 Å². The third-order valence-corrected chi connectivity index (χ3v) is 3.15. The van der Waals surface area contributed by atoms with Crippen molar-refractivity contribution in [3.8, 4) is 0 Å². The summed E-state index contributed by atoms with van der Waals surface area (Å²) in [5.41, 5.74) is 3.13. The average Bonchev–Trinajstić information content (AvgIpc) is 2.26. The van der Waals surface area contributed by atoms with Gasteiger partial charge in [0.15, 0.2) is 0 Å². The van der Waals surface area contributed by atoms with E-state index in [0.717, 1.165) is 5.92 Å². The number of allylic oxidation sites excluding steroid dienone is 2. The third-order valence-electron chi connectivity index (χ3n) is 3.15. The Balaban J connectivity index is 2.32. The lowest BCUT2D eigenvalue weighted by Crippen LogP contribution is -2.01. The maximum atomic E-state index is 2.35. The van der Waals surface area contributed by atoms with E-state index in [1.807, 2.05) is 0 Å². The predicted molar refractivity (Wildman–Crippen MR) is 81.9 cm³/mol. The molecule has 18 heavy (non-hydrogen) atoms. The Labute approximate surface area is 113 Å². The van der Waals surface area contributed by atoms with Crippen LogP contribution in [0.2, 0.25) is 0 Å². The van der Waals surface area contributed by atoms with Crippen molar-refractivity contribution in [1.29, 1.82) is 0 Å². The van der Waals surface area contributed by atoms with E-state index in [1.165, 1.54) is 30.4 Å². The molecule has 1 rings (SSSR count). The van der Waals surface area contributed by atoms with Crippen molar-refractivity contribution in [2.75, 3.05) is 0 Å². The minimum absolute atomic E-state index is 0.320. The lowest BCUT2D eigenvalue weighted by Gasteiger charge is -2.13. The fourth-order valence-electron chi connectivity index (χ4n) is 2.05. The van der Waals surface area contributed by atoms with Gasteiger partial charge in [-0.25, -0.2) is 0 Å². The topological polar surface area (TPSA) is 0 Å². The van der Waals surface area contributed by atoms with E-state index in [0.29, 0.717) is 5.41 Å². The third kappa shape index (κ3) is 6.64. The number of hydrogen-bond donors (Lipinski definition) is 0. The summed E-state index contributed by atoms with van der Waals surface area (Å²) in [6.45, 7) is 11.2. The Morgan fingerprint density at radius 1 is 1.11 bits per heavy atom. The Morgan fingerprint density at radius 3 is 2.28 bits per heavy atom. The molecule has 1 unspecified atom stereocenters. The van der Waals surface area contributed by atoms with Crippen LogP contribution in [-0.4, -0.2) is 0 Å². The number of benzene rings is 1. The molecule has 0 saturated heterocycles. The number of aryl methyl sites for hydroxylation is 1. The molecule has 1 aromatic rings. The Morgan fingerprint density at radius 2 is 1.72 bits per heavy atom. The summed E-state index contributed by atoms with van der Waals surface area (Å²) in [6, 6.07) is 8.94. The molecule has 0 radical (unpaired) electrons. The van der Waals surface area contributed by atoms with Crippen LogP contribution in [-0.2, 0) is 6.42 Å². The second kappa shape index (κ2) is 6.78. The van der Waals surface area contributed by atoms with Crippen LogP contribution in [0, 0.1) is 18.3 Å². The highest BCUT2D eigenvalue weighted by Gasteiger charge is 2.05. The molecule has 0 heteroatoms. The van der Waals surface area contributed by atoms with Crippen molar-refractivity contribution in [3.05, 3.63) is 47.5 Å². The van der Waals surface area contributed by atoms with E-state index >= 15 is 0 Å². The van der Waals surface area contributed by atoms with Crippen molar-refractivity contribution in [1.82, 2.24) is 0 Å². The molecule has 0 saturated carbocycles. The zero-order valence-corrected chi connectivity index (χ0v) is 12.7. The van der Waals surface area contributed by atoms with Gasteiger partial charge in [0.25, 0.3) is 0 Å². The van der Waals surface area contributed by atoms with Crippen LogP contribution in [0.5, 0.6) is 0 Å². The quantitative estimate of drug-likeness (QED) is 0.595. The summed E-state index contributed by atoms with van der Waals surface area (Å²) in [5, 5.41) is 0. The van der Waals surface area contributed by atoms with Crippen molar-refractivity contribution < 1.29 is 0 Å². The maximum Gasteiger partial charge on any atom is -0.0203 e. The Bertz CT molecular complexity index is 362. The molecule has 0 amide bonds. The van der Waals surface area contributed by atoms with Gasteiger partial charge < -0.3 is 0 Å². The van der Waals surface area contributed by atoms with Gasteiger partial charge in [-0.3, -0.25) is 0 Å². The minimum Gasteiger partial charge on any atom is -0.0880 e. The standard InChI is InChI=1S/C18H28/c1-15-9-11-17(12-10-15)14-16(2)8-6-7-13-18(3,4)5/h7,9-13,16H,6,8,14H2,1-5H3/b13-7+. The smallest absolute Gasteiger partial charge is 0.0203 e. The average molecular weight is 244 g/mol. The van der Waals surface area contributed by atoms with Crippen molar-refractivity contribution in [3.63, 3.8) is 0 Å². The molecule has 1 atom stereocenters. The van der Waals surface area contributed by atoms with Crippen LogP contribution in [0.3, 0.4) is 0 Å². The highest BCUT2D eigenvalue weighted by Crippen LogP contribution is 2.18.